The van der Waals surface area contributed by atoms with Gasteiger partial charge in [0.05, 0.1) is 11.6 Å². The first-order valence-electron chi connectivity index (χ1n) is 5.46. The van der Waals surface area contributed by atoms with Gasteiger partial charge in [0.1, 0.15) is 5.69 Å². The van der Waals surface area contributed by atoms with Crippen LogP contribution >= 0.6 is 11.3 Å². The zero-order valence-electron chi connectivity index (χ0n) is 10.8. The number of anilines is 1. The minimum atomic E-state index is -0.741. The van der Waals surface area contributed by atoms with Crippen LogP contribution in [0.4, 0.5) is 5.13 Å². The van der Waals surface area contributed by atoms with Crippen LogP contribution in [0.3, 0.4) is 0 Å². The van der Waals surface area contributed by atoms with Crippen LogP contribution < -0.4 is 10.6 Å². The smallest absolute Gasteiger partial charge is 0.271 e. The Balaban J connectivity index is 2.73. The molecule has 0 fully saturated rings. The minimum Gasteiger partial charge on any atom is -0.391 e. The van der Waals surface area contributed by atoms with E-state index in [0.717, 1.165) is 0 Å². The van der Waals surface area contributed by atoms with Crippen molar-refractivity contribution in [1.29, 1.82) is 0 Å². The second kappa shape index (κ2) is 5.45. The summed E-state index contributed by atoms with van der Waals surface area (Å²) >= 11 is 1.17. The number of nitrogens with zero attached hydrogens (tertiary/aromatic N) is 1. The highest BCUT2D eigenvalue weighted by Gasteiger charge is 2.27. The molecule has 0 radical (unpaired) electrons. The van der Waals surface area contributed by atoms with Crippen LogP contribution in [0.1, 0.15) is 38.2 Å². The lowest BCUT2D eigenvalue weighted by molar-refractivity contribution is -0.114. The summed E-state index contributed by atoms with van der Waals surface area (Å²) in [5.74, 6) is -0.616. The summed E-state index contributed by atoms with van der Waals surface area (Å²) in [5, 5.41) is 16.6. The number of rotatable bonds is 4. The fourth-order valence-electron chi connectivity index (χ4n) is 1.05. The number of carbonyl (C=O) groups is 2. The van der Waals surface area contributed by atoms with E-state index in [-0.39, 0.29) is 17.5 Å². The van der Waals surface area contributed by atoms with Crippen LogP contribution in [-0.4, -0.2) is 33.5 Å². The van der Waals surface area contributed by atoms with E-state index in [4.69, 9.17) is 0 Å². The summed E-state index contributed by atoms with van der Waals surface area (Å²) < 4.78 is 0. The Morgan fingerprint density at radius 1 is 1.50 bits per heavy atom. The molecule has 100 valence electrons. The lowest BCUT2D eigenvalue weighted by Crippen LogP contribution is -2.51. The average molecular weight is 271 g/mol. The van der Waals surface area contributed by atoms with Crippen LogP contribution in [0.25, 0.3) is 0 Å². The maximum absolute atomic E-state index is 11.9. The van der Waals surface area contributed by atoms with Crippen LogP contribution in [-0.2, 0) is 4.79 Å². The molecule has 1 rings (SSSR count). The maximum Gasteiger partial charge on any atom is 0.271 e. The van der Waals surface area contributed by atoms with Gasteiger partial charge in [-0.2, -0.15) is 0 Å². The van der Waals surface area contributed by atoms with Crippen LogP contribution in [0.15, 0.2) is 5.38 Å². The quantitative estimate of drug-likeness (QED) is 0.761. The van der Waals surface area contributed by atoms with E-state index < -0.39 is 11.6 Å². The molecule has 1 heterocycles. The van der Waals surface area contributed by atoms with E-state index in [9.17, 15) is 14.7 Å². The van der Waals surface area contributed by atoms with Crippen molar-refractivity contribution in [1.82, 2.24) is 10.3 Å². The van der Waals surface area contributed by atoms with Gasteiger partial charge in [-0.15, -0.1) is 11.3 Å². The standard InChI is InChI=1S/C11H17N3O3S/c1-6(15)11(3,4)14-9(17)8-5-18-10(13-8)12-7(2)16/h5-6,15H,1-4H3,(H,14,17)(H,12,13,16). The van der Waals surface area contributed by atoms with Crippen LogP contribution in [0.5, 0.6) is 0 Å². The lowest BCUT2D eigenvalue weighted by Gasteiger charge is -2.28. The molecule has 1 aromatic heterocycles. The van der Waals surface area contributed by atoms with Gasteiger partial charge in [0.2, 0.25) is 5.91 Å². The fourth-order valence-corrected chi connectivity index (χ4v) is 1.78. The molecule has 1 atom stereocenters. The number of aliphatic hydroxyl groups excluding tert-OH is 1. The van der Waals surface area contributed by atoms with Crippen molar-refractivity contribution in [3.05, 3.63) is 11.1 Å². The average Bonchev–Trinajstić information content (AvgIpc) is 2.64. The van der Waals surface area contributed by atoms with E-state index in [1.807, 2.05) is 0 Å². The first-order valence-corrected chi connectivity index (χ1v) is 6.34. The molecule has 1 aromatic rings. The predicted octanol–water partition coefficient (Wildman–Crippen LogP) is 0.991. The number of nitrogens with one attached hydrogen (secondary N) is 2. The number of carbonyl (C=O) groups excluding carboxylic acids is 2. The van der Waals surface area contributed by atoms with Crippen LogP contribution in [0, 0.1) is 0 Å². The minimum absolute atomic E-state index is 0.220. The van der Waals surface area contributed by atoms with Gasteiger partial charge in [-0.25, -0.2) is 4.98 Å². The van der Waals surface area contributed by atoms with Gasteiger partial charge in [-0.3, -0.25) is 9.59 Å². The normalized spacial score (nSPS) is 12.9. The number of aliphatic hydroxyl groups is 1. The third-order valence-corrected chi connectivity index (χ3v) is 3.26. The molecule has 0 saturated carbocycles. The molecule has 1 unspecified atom stereocenters. The van der Waals surface area contributed by atoms with E-state index in [2.05, 4.69) is 15.6 Å². The van der Waals surface area contributed by atoms with E-state index in [1.54, 1.807) is 26.2 Å². The predicted molar refractivity (Wildman–Crippen MR) is 69.6 cm³/mol. The molecule has 0 spiro atoms. The Bertz CT molecular complexity index is 454. The summed E-state index contributed by atoms with van der Waals surface area (Å²) in [6.45, 7) is 6.41. The first-order chi connectivity index (χ1) is 8.22. The molecule has 0 aliphatic heterocycles. The van der Waals surface area contributed by atoms with Crippen LogP contribution in [0.2, 0.25) is 0 Å². The highest BCUT2D eigenvalue weighted by atomic mass is 32.1. The van der Waals surface area contributed by atoms with Crippen molar-refractivity contribution in [2.75, 3.05) is 5.32 Å². The number of amides is 2. The molecule has 0 aromatic carbocycles. The second-order valence-electron chi connectivity index (χ2n) is 4.57. The van der Waals surface area contributed by atoms with E-state index >= 15 is 0 Å². The topological polar surface area (TPSA) is 91.3 Å². The molecule has 6 nitrogen and oxygen atoms in total. The van der Waals surface area contributed by atoms with Crippen molar-refractivity contribution < 1.29 is 14.7 Å². The van der Waals surface area contributed by atoms with Crippen molar-refractivity contribution in [2.24, 2.45) is 0 Å². The summed E-state index contributed by atoms with van der Waals surface area (Å²) in [6, 6.07) is 0. The molecule has 18 heavy (non-hydrogen) atoms. The Morgan fingerprint density at radius 3 is 2.61 bits per heavy atom. The maximum atomic E-state index is 11.9. The van der Waals surface area contributed by atoms with Gasteiger partial charge in [-0.1, -0.05) is 0 Å². The molecular formula is C11H17N3O3S. The molecule has 0 saturated heterocycles. The lowest BCUT2D eigenvalue weighted by atomic mass is 9.99. The van der Waals surface area contributed by atoms with E-state index in [0.29, 0.717) is 5.13 Å². The van der Waals surface area contributed by atoms with Gasteiger partial charge in [0, 0.05) is 12.3 Å². The van der Waals surface area contributed by atoms with E-state index in [1.165, 1.54) is 18.3 Å². The van der Waals surface area contributed by atoms with Gasteiger partial charge in [0.25, 0.3) is 5.91 Å². The van der Waals surface area contributed by atoms with Crippen molar-refractivity contribution in [3.8, 4) is 0 Å². The van der Waals surface area contributed by atoms with Crippen molar-refractivity contribution in [3.63, 3.8) is 0 Å². The third-order valence-electron chi connectivity index (χ3n) is 2.50. The van der Waals surface area contributed by atoms with Gasteiger partial charge >= 0.3 is 0 Å². The van der Waals surface area contributed by atoms with Gasteiger partial charge in [0.15, 0.2) is 5.13 Å². The molecule has 0 aliphatic carbocycles. The third kappa shape index (κ3) is 3.78. The summed E-state index contributed by atoms with van der Waals surface area (Å²) in [6.07, 6.45) is -0.685. The summed E-state index contributed by atoms with van der Waals surface area (Å²) in [5.41, 5.74) is -0.521. The molecule has 0 bridgehead atoms. The number of hydrogen-bond donors (Lipinski definition) is 3. The Hall–Kier alpha value is -1.47. The summed E-state index contributed by atoms with van der Waals surface area (Å²) in [7, 11) is 0. The number of thiazole rings is 1. The number of hydrogen-bond acceptors (Lipinski definition) is 5. The molecule has 3 N–H and O–H groups in total. The Kier molecular flexibility index (Phi) is 4.42. The SMILES string of the molecule is CC(=O)Nc1nc(C(=O)NC(C)(C)C(C)O)cs1. The molecular weight excluding hydrogens is 254 g/mol. The van der Waals surface area contributed by atoms with Gasteiger partial charge in [-0.05, 0) is 20.8 Å². The Labute approximate surface area is 109 Å². The largest absolute Gasteiger partial charge is 0.391 e. The number of aromatic nitrogens is 1. The highest BCUT2D eigenvalue weighted by Crippen LogP contribution is 2.16. The molecule has 2 amide bonds. The fraction of sp³-hybridized carbons (Fsp3) is 0.545. The molecule has 0 aliphatic rings. The first kappa shape index (κ1) is 14.6. The summed E-state index contributed by atoms with van der Waals surface area (Å²) in [4.78, 5) is 26.7. The zero-order valence-corrected chi connectivity index (χ0v) is 11.6. The van der Waals surface area contributed by atoms with Gasteiger partial charge < -0.3 is 15.7 Å². The Morgan fingerprint density at radius 2 is 2.11 bits per heavy atom. The monoisotopic (exact) mass is 271 g/mol. The molecule has 7 heteroatoms. The zero-order chi connectivity index (χ0) is 13.9. The van der Waals surface area contributed by atoms with Crippen molar-refractivity contribution in [2.45, 2.75) is 39.3 Å². The van der Waals surface area contributed by atoms with Crippen molar-refractivity contribution >= 4 is 28.3 Å². The second-order valence-corrected chi connectivity index (χ2v) is 5.43. The highest BCUT2D eigenvalue weighted by molar-refractivity contribution is 7.14.